The van der Waals surface area contributed by atoms with Gasteiger partial charge < -0.3 is 5.32 Å². The van der Waals surface area contributed by atoms with Gasteiger partial charge in [-0.2, -0.15) is 0 Å². The molecule has 110 valence electrons. The molecule has 0 aromatic heterocycles. The lowest BCUT2D eigenvalue weighted by Crippen LogP contribution is -2.15. The number of hydrogen-bond donors (Lipinski definition) is 1. The maximum atomic E-state index is 6.34. The molecule has 0 heterocycles. The summed E-state index contributed by atoms with van der Waals surface area (Å²) in [5, 5.41) is 5.73. The third-order valence-corrected chi connectivity index (χ3v) is 4.56. The van der Waals surface area contributed by atoms with Gasteiger partial charge in [-0.25, -0.2) is 0 Å². The Hall–Kier alpha value is -0.440. The van der Waals surface area contributed by atoms with E-state index in [0.29, 0.717) is 26.1 Å². The summed E-state index contributed by atoms with van der Waals surface area (Å²) in [6, 6.07) is 9.81. The van der Waals surface area contributed by atoms with E-state index in [0.717, 1.165) is 23.2 Å². The van der Waals surface area contributed by atoms with Gasteiger partial charge in [-0.15, -0.1) is 0 Å². The van der Waals surface area contributed by atoms with E-state index in [2.05, 4.69) is 5.32 Å². The zero-order valence-electron chi connectivity index (χ0n) is 11.1. The van der Waals surface area contributed by atoms with Crippen LogP contribution in [0.15, 0.2) is 30.3 Å². The number of benzene rings is 2. The first-order valence-corrected chi connectivity index (χ1v) is 8.22. The Morgan fingerprint density at radius 1 is 0.905 bits per heavy atom. The summed E-state index contributed by atoms with van der Waals surface area (Å²) in [6.07, 6.45) is 2.48. The molecule has 1 aliphatic carbocycles. The Labute approximate surface area is 144 Å². The first-order valence-electron chi connectivity index (χ1n) is 6.71. The van der Waals surface area contributed by atoms with Crippen molar-refractivity contribution in [2.45, 2.75) is 25.4 Å². The molecule has 2 aromatic carbocycles. The lowest BCUT2D eigenvalue weighted by molar-refractivity contribution is 0.689. The van der Waals surface area contributed by atoms with Crippen LogP contribution in [0.4, 0.5) is 0 Å². The number of halogens is 4. The lowest BCUT2D eigenvalue weighted by Gasteiger charge is -2.14. The van der Waals surface area contributed by atoms with Crippen molar-refractivity contribution in [3.63, 3.8) is 0 Å². The smallest absolute Gasteiger partial charge is 0.0514 e. The van der Waals surface area contributed by atoms with Gasteiger partial charge in [0.05, 0.1) is 10.0 Å². The summed E-state index contributed by atoms with van der Waals surface area (Å²) in [6.45, 7) is 0.770. The molecular weight excluding hydrogens is 348 g/mol. The van der Waals surface area contributed by atoms with Gasteiger partial charge in [0.15, 0.2) is 0 Å². The summed E-state index contributed by atoms with van der Waals surface area (Å²) in [7, 11) is 0. The van der Waals surface area contributed by atoms with E-state index in [1.54, 1.807) is 12.1 Å². The Kier molecular flexibility index (Phi) is 4.68. The van der Waals surface area contributed by atoms with Crippen LogP contribution in [0.2, 0.25) is 20.1 Å². The topological polar surface area (TPSA) is 12.0 Å². The van der Waals surface area contributed by atoms with Gasteiger partial charge in [-0.1, -0.05) is 52.5 Å². The van der Waals surface area contributed by atoms with Crippen LogP contribution in [0.3, 0.4) is 0 Å². The van der Waals surface area contributed by atoms with Crippen LogP contribution in [-0.2, 0) is 6.54 Å². The molecule has 0 bridgehead atoms. The summed E-state index contributed by atoms with van der Waals surface area (Å²) in [4.78, 5) is 0. The molecule has 0 radical (unpaired) electrons. The fourth-order valence-electron chi connectivity index (χ4n) is 2.28. The van der Waals surface area contributed by atoms with Crippen LogP contribution in [0.1, 0.15) is 18.4 Å². The first-order chi connectivity index (χ1) is 10.0. The van der Waals surface area contributed by atoms with E-state index in [-0.39, 0.29) is 0 Å². The van der Waals surface area contributed by atoms with Crippen LogP contribution >= 0.6 is 46.4 Å². The van der Waals surface area contributed by atoms with Crippen LogP contribution in [0, 0.1) is 0 Å². The Balaban J connectivity index is 2.05. The van der Waals surface area contributed by atoms with Gasteiger partial charge in [0.2, 0.25) is 0 Å². The fourth-order valence-corrected chi connectivity index (χ4v) is 3.47. The highest BCUT2D eigenvalue weighted by Gasteiger charge is 2.21. The Bertz CT molecular complexity index is 657. The quantitative estimate of drug-likeness (QED) is 0.682. The van der Waals surface area contributed by atoms with Crippen molar-refractivity contribution in [3.05, 3.63) is 56.0 Å². The molecule has 1 fully saturated rings. The molecule has 3 rings (SSSR count). The standard InChI is InChI=1S/C16H13Cl4N/c17-10-2-1-9(8-21-12-3-4-12)13(5-10)16-14(19)6-11(18)7-15(16)20/h1-2,5-7,12,21H,3-4,8H2. The van der Waals surface area contributed by atoms with Gasteiger partial charge in [-0.05, 0) is 48.2 Å². The third-order valence-electron chi connectivity index (χ3n) is 3.51. The van der Waals surface area contributed by atoms with Crippen LogP contribution in [0.25, 0.3) is 11.1 Å². The second-order valence-electron chi connectivity index (χ2n) is 5.20. The van der Waals surface area contributed by atoms with Crippen molar-refractivity contribution in [1.29, 1.82) is 0 Å². The highest BCUT2D eigenvalue weighted by atomic mass is 35.5. The molecule has 2 aromatic rings. The predicted molar refractivity (Wildman–Crippen MR) is 91.8 cm³/mol. The lowest BCUT2D eigenvalue weighted by atomic mass is 9.99. The monoisotopic (exact) mass is 359 g/mol. The number of rotatable bonds is 4. The van der Waals surface area contributed by atoms with Gasteiger partial charge in [0.1, 0.15) is 0 Å². The molecule has 5 heteroatoms. The maximum absolute atomic E-state index is 6.34. The van der Waals surface area contributed by atoms with Gasteiger partial charge in [0, 0.05) is 28.2 Å². The molecule has 0 spiro atoms. The van der Waals surface area contributed by atoms with E-state index in [9.17, 15) is 0 Å². The highest BCUT2D eigenvalue weighted by molar-refractivity contribution is 6.42. The van der Waals surface area contributed by atoms with Gasteiger partial charge in [-0.3, -0.25) is 0 Å². The summed E-state index contributed by atoms with van der Waals surface area (Å²) >= 11 is 24.8. The zero-order chi connectivity index (χ0) is 15.0. The van der Waals surface area contributed by atoms with Crippen molar-refractivity contribution in [3.8, 4) is 11.1 Å². The molecule has 1 nitrogen and oxygen atoms in total. The average molecular weight is 361 g/mol. The molecule has 0 atom stereocenters. The summed E-state index contributed by atoms with van der Waals surface area (Å²) < 4.78 is 0. The van der Waals surface area contributed by atoms with Crippen molar-refractivity contribution in [2.24, 2.45) is 0 Å². The second-order valence-corrected chi connectivity index (χ2v) is 6.89. The predicted octanol–water partition coefficient (Wildman–Crippen LogP) is 6.22. The Morgan fingerprint density at radius 3 is 2.19 bits per heavy atom. The maximum Gasteiger partial charge on any atom is 0.0514 e. The average Bonchev–Trinajstić information content (AvgIpc) is 3.20. The second kappa shape index (κ2) is 6.36. The molecule has 0 saturated heterocycles. The minimum Gasteiger partial charge on any atom is -0.310 e. The van der Waals surface area contributed by atoms with Crippen molar-refractivity contribution in [2.75, 3.05) is 0 Å². The van der Waals surface area contributed by atoms with Crippen molar-refractivity contribution < 1.29 is 0 Å². The van der Waals surface area contributed by atoms with Crippen LogP contribution in [-0.4, -0.2) is 6.04 Å². The summed E-state index contributed by atoms with van der Waals surface area (Å²) in [5.41, 5.74) is 2.84. The molecule has 0 amide bonds. The minimum absolute atomic E-state index is 0.522. The van der Waals surface area contributed by atoms with E-state index >= 15 is 0 Å². The van der Waals surface area contributed by atoms with E-state index in [4.69, 9.17) is 46.4 Å². The van der Waals surface area contributed by atoms with Gasteiger partial charge >= 0.3 is 0 Å². The van der Waals surface area contributed by atoms with E-state index in [1.807, 2.05) is 18.2 Å². The number of nitrogens with one attached hydrogen (secondary N) is 1. The van der Waals surface area contributed by atoms with Crippen molar-refractivity contribution in [1.82, 2.24) is 5.32 Å². The van der Waals surface area contributed by atoms with Crippen LogP contribution in [0.5, 0.6) is 0 Å². The zero-order valence-corrected chi connectivity index (χ0v) is 14.1. The highest BCUT2D eigenvalue weighted by Crippen LogP contribution is 2.40. The molecule has 1 saturated carbocycles. The third kappa shape index (κ3) is 3.67. The molecule has 21 heavy (non-hydrogen) atoms. The van der Waals surface area contributed by atoms with Crippen LogP contribution < -0.4 is 5.32 Å². The molecular formula is C16H13Cl4N. The first kappa shape index (κ1) is 15.5. The van der Waals surface area contributed by atoms with Crippen molar-refractivity contribution >= 4 is 46.4 Å². The molecule has 0 unspecified atom stereocenters. The molecule has 0 aliphatic heterocycles. The fraction of sp³-hybridized carbons (Fsp3) is 0.250. The molecule has 1 aliphatic rings. The molecule has 1 N–H and O–H groups in total. The Morgan fingerprint density at radius 2 is 1.57 bits per heavy atom. The van der Waals surface area contributed by atoms with Gasteiger partial charge in [0.25, 0.3) is 0 Å². The summed E-state index contributed by atoms with van der Waals surface area (Å²) in [5.74, 6) is 0. The SMILES string of the molecule is Clc1cc(Cl)c(-c2cc(Cl)ccc2CNC2CC2)c(Cl)c1. The number of hydrogen-bond acceptors (Lipinski definition) is 1. The minimum atomic E-state index is 0.522. The van der Waals surface area contributed by atoms with E-state index < -0.39 is 0 Å². The largest absolute Gasteiger partial charge is 0.310 e. The normalized spacial score (nSPS) is 14.5. The van der Waals surface area contributed by atoms with E-state index in [1.165, 1.54) is 12.8 Å².